The third-order valence-corrected chi connectivity index (χ3v) is 2.56. The minimum absolute atomic E-state index is 0.444. The van der Waals surface area contributed by atoms with Crippen molar-refractivity contribution in [1.29, 1.82) is 0 Å². The molecule has 1 rings (SSSR count). The molecule has 0 fully saturated rings. The SMILES string of the molecule is CCOc1cccnc1NC(C)(C)C(C)O. The van der Waals surface area contributed by atoms with Gasteiger partial charge in [-0.2, -0.15) is 0 Å². The van der Waals surface area contributed by atoms with Crippen molar-refractivity contribution >= 4 is 5.82 Å². The van der Waals surface area contributed by atoms with Gasteiger partial charge < -0.3 is 15.2 Å². The molecule has 0 bridgehead atoms. The van der Waals surface area contributed by atoms with Gasteiger partial charge in [0.05, 0.1) is 18.2 Å². The highest BCUT2D eigenvalue weighted by Gasteiger charge is 2.25. The summed E-state index contributed by atoms with van der Waals surface area (Å²) < 4.78 is 5.46. The van der Waals surface area contributed by atoms with Crippen LogP contribution in [-0.4, -0.2) is 28.3 Å². The lowest BCUT2D eigenvalue weighted by molar-refractivity contribution is 0.132. The van der Waals surface area contributed by atoms with Gasteiger partial charge in [0.2, 0.25) is 0 Å². The average Bonchev–Trinajstić information content (AvgIpc) is 2.20. The van der Waals surface area contributed by atoms with Gasteiger partial charge in [-0.05, 0) is 39.8 Å². The minimum atomic E-state index is -0.482. The van der Waals surface area contributed by atoms with Crippen LogP contribution in [0.1, 0.15) is 27.7 Å². The van der Waals surface area contributed by atoms with Crippen molar-refractivity contribution in [3.63, 3.8) is 0 Å². The molecule has 0 aromatic carbocycles. The van der Waals surface area contributed by atoms with E-state index < -0.39 is 11.6 Å². The molecule has 0 aliphatic carbocycles. The van der Waals surface area contributed by atoms with Crippen molar-refractivity contribution in [3.8, 4) is 5.75 Å². The normalized spacial score (nSPS) is 13.3. The molecule has 1 heterocycles. The Balaban J connectivity index is 2.88. The monoisotopic (exact) mass is 224 g/mol. The Hall–Kier alpha value is -1.29. The third kappa shape index (κ3) is 3.10. The first kappa shape index (κ1) is 12.8. The van der Waals surface area contributed by atoms with E-state index in [0.29, 0.717) is 18.2 Å². The van der Waals surface area contributed by atoms with Gasteiger partial charge in [0.25, 0.3) is 0 Å². The van der Waals surface area contributed by atoms with Gasteiger partial charge in [-0.1, -0.05) is 0 Å². The second kappa shape index (κ2) is 5.16. The fourth-order valence-electron chi connectivity index (χ4n) is 1.17. The zero-order valence-electron chi connectivity index (χ0n) is 10.3. The van der Waals surface area contributed by atoms with Crippen LogP contribution in [0.4, 0.5) is 5.82 Å². The lowest BCUT2D eigenvalue weighted by atomic mass is 9.99. The van der Waals surface area contributed by atoms with Gasteiger partial charge in [-0.15, -0.1) is 0 Å². The number of nitrogens with one attached hydrogen (secondary N) is 1. The molecule has 0 saturated heterocycles. The molecule has 0 aliphatic rings. The first-order valence-electron chi connectivity index (χ1n) is 5.51. The summed E-state index contributed by atoms with van der Waals surface area (Å²) in [5.74, 6) is 1.37. The fourth-order valence-corrected chi connectivity index (χ4v) is 1.17. The second-order valence-electron chi connectivity index (χ2n) is 4.31. The molecule has 16 heavy (non-hydrogen) atoms. The predicted molar refractivity (Wildman–Crippen MR) is 64.8 cm³/mol. The Morgan fingerprint density at radius 3 is 2.81 bits per heavy atom. The molecule has 0 spiro atoms. The van der Waals surface area contributed by atoms with Gasteiger partial charge >= 0.3 is 0 Å². The quantitative estimate of drug-likeness (QED) is 0.803. The molecule has 0 radical (unpaired) electrons. The Morgan fingerprint density at radius 2 is 2.25 bits per heavy atom. The molecule has 0 aliphatic heterocycles. The molecule has 1 aromatic rings. The highest BCUT2D eigenvalue weighted by Crippen LogP contribution is 2.25. The smallest absolute Gasteiger partial charge is 0.169 e. The highest BCUT2D eigenvalue weighted by atomic mass is 16.5. The number of hydrogen-bond donors (Lipinski definition) is 2. The van der Waals surface area contributed by atoms with Crippen molar-refractivity contribution < 1.29 is 9.84 Å². The fraction of sp³-hybridized carbons (Fsp3) is 0.583. The number of hydrogen-bond acceptors (Lipinski definition) is 4. The maximum atomic E-state index is 9.63. The largest absolute Gasteiger partial charge is 0.490 e. The van der Waals surface area contributed by atoms with E-state index in [1.807, 2.05) is 32.9 Å². The van der Waals surface area contributed by atoms with Gasteiger partial charge in [-0.25, -0.2) is 4.98 Å². The first-order chi connectivity index (χ1) is 7.47. The number of ether oxygens (including phenoxy) is 1. The molecule has 4 nitrogen and oxygen atoms in total. The van der Waals surface area contributed by atoms with Crippen LogP contribution in [0.5, 0.6) is 5.75 Å². The number of aromatic nitrogens is 1. The molecular weight excluding hydrogens is 204 g/mol. The van der Waals surface area contributed by atoms with Crippen molar-refractivity contribution in [3.05, 3.63) is 18.3 Å². The molecular formula is C12H20N2O2. The van der Waals surface area contributed by atoms with Crippen LogP contribution in [0.3, 0.4) is 0 Å². The number of aliphatic hydroxyl groups excluding tert-OH is 1. The van der Waals surface area contributed by atoms with Gasteiger partial charge in [-0.3, -0.25) is 0 Å². The lowest BCUT2D eigenvalue weighted by Crippen LogP contribution is -2.42. The highest BCUT2D eigenvalue weighted by molar-refractivity contribution is 5.51. The second-order valence-corrected chi connectivity index (χ2v) is 4.31. The van der Waals surface area contributed by atoms with Crippen LogP contribution in [-0.2, 0) is 0 Å². The van der Waals surface area contributed by atoms with E-state index in [1.165, 1.54) is 0 Å². The molecule has 90 valence electrons. The summed E-state index contributed by atoms with van der Waals surface area (Å²) in [6.45, 7) is 8.10. The summed E-state index contributed by atoms with van der Waals surface area (Å²) in [6.07, 6.45) is 1.21. The summed E-state index contributed by atoms with van der Waals surface area (Å²) in [7, 11) is 0. The first-order valence-corrected chi connectivity index (χ1v) is 5.51. The molecule has 1 atom stereocenters. The van der Waals surface area contributed by atoms with E-state index in [1.54, 1.807) is 13.1 Å². The van der Waals surface area contributed by atoms with E-state index in [0.717, 1.165) is 0 Å². The van der Waals surface area contributed by atoms with E-state index in [9.17, 15) is 5.11 Å². The van der Waals surface area contributed by atoms with E-state index in [4.69, 9.17) is 4.74 Å². The van der Waals surface area contributed by atoms with Crippen LogP contribution in [0, 0.1) is 0 Å². The molecule has 1 aromatic heterocycles. The Labute approximate surface area is 96.7 Å². The average molecular weight is 224 g/mol. The number of rotatable bonds is 5. The topological polar surface area (TPSA) is 54.4 Å². The summed E-state index contributed by atoms with van der Waals surface area (Å²) in [5, 5.41) is 12.8. The van der Waals surface area contributed by atoms with Crippen molar-refractivity contribution in [1.82, 2.24) is 4.98 Å². The van der Waals surface area contributed by atoms with Crippen LogP contribution >= 0.6 is 0 Å². The van der Waals surface area contributed by atoms with Crippen LogP contribution < -0.4 is 10.1 Å². The maximum absolute atomic E-state index is 9.63. The van der Waals surface area contributed by atoms with Gasteiger partial charge in [0.1, 0.15) is 0 Å². The molecule has 0 amide bonds. The van der Waals surface area contributed by atoms with Gasteiger partial charge in [0.15, 0.2) is 11.6 Å². The third-order valence-electron chi connectivity index (χ3n) is 2.56. The Kier molecular flexibility index (Phi) is 4.12. The number of nitrogens with zero attached hydrogens (tertiary/aromatic N) is 1. The number of aliphatic hydroxyl groups is 1. The number of pyridine rings is 1. The molecule has 2 N–H and O–H groups in total. The summed E-state index contributed by atoms with van der Waals surface area (Å²) in [5.41, 5.74) is -0.444. The minimum Gasteiger partial charge on any atom is -0.490 e. The number of anilines is 1. The predicted octanol–water partition coefficient (Wildman–Crippen LogP) is 2.05. The van der Waals surface area contributed by atoms with E-state index in [-0.39, 0.29) is 0 Å². The maximum Gasteiger partial charge on any atom is 0.169 e. The Morgan fingerprint density at radius 1 is 1.56 bits per heavy atom. The Bertz CT molecular complexity index is 338. The van der Waals surface area contributed by atoms with Crippen LogP contribution in [0.25, 0.3) is 0 Å². The van der Waals surface area contributed by atoms with E-state index >= 15 is 0 Å². The molecule has 4 heteroatoms. The molecule has 0 saturated carbocycles. The summed E-state index contributed by atoms with van der Waals surface area (Å²) in [4.78, 5) is 4.22. The lowest BCUT2D eigenvalue weighted by Gasteiger charge is -2.30. The summed E-state index contributed by atoms with van der Waals surface area (Å²) >= 11 is 0. The van der Waals surface area contributed by atoms with Crippen molar-refractivity contribution in [2.45, 2.75) is 39.3 Å². The van der Waals surface area contributed by atoms with Crippen molar-refractivity contribution in [2.75, 3.05) is 11.9 Å². The van der Waals surface area contributed by atoms with Crippen LogP contribution in [0.2, 0.25) is 0 Å². The molecule has 1 unspecified atom stereocenters. The summed E-state index contributed by atoms with van der Waals surface area (Å²) in [6, 6.07) is 3.68. The zero-order chi connectivity index (χ0) is 12.2. The van der Waals surface area contributed by atoms with E-state index in [2.05, 4.69) is 10.3 Å². The van der Waals surface area contributed by atoms with Crippen LogP contribution in [0.15, 0.2) is 18.3 Å². The zero-order valence-corrected chi connectivity index (χ0v) is 10.3. The standard InChI is InChI=1S/C12H20N2O2/c1-5-16-10-7-6-8-13-11(10)14-12(3,4)9(2)15/h6-9,15H,5H2,1-4H3,(H,13,14). The van der Waals surface area contributed by atoms with Crippen molar-refractivity contribution in [2.24, 2.45) is 0 Å². The van der Waals surface area contributed by atoms with Gasteiger partial charge in [0, 0.05) is 6.20 Å².